The average molecular weight is 275 g/mol. The predicted molar refractivity (Wildman–Crippen MR) is 78.1 cm³/mol. The van der Waals surface area contributed by atoms with E-state index in [0.29, 0.717) is 5.56 Å². The van der Waals surface area contributed by atoms with E-state index in [1.165, 1.54) is 0 Å². The van der Waals surface area contributed by atoms with Gasteiger partial charge in [-0.1, -0.05) is 0 Å². The fraction of sp³-hybridized carbons (Fsp3) is 0.533. The van der Waals surface area contributed by atoms with Crippen molar-refractivity contribution in [3.63, 3.8) is 0 Å². The molecule has 1 heterocycles. The maximum atomic E-state index is 9.26. The number of β-amino-alcohol motifs (C(OH)–C–C–N with tert-alkyl or cyclic N) is 1. The van der Waals surface area contributed by atoms with Crippen molar-refractivity contribution in [2.75, 3.05) is 51.3 Å². The van der Waals surface area contributed by atoms with Crippen LogP contribution in [0.5, 0.6) is 5.75 Å². The molecule has 1 aliphatic rings. The zero-order chi connectivity index (χ0) is 14.4. The first kappa shape index (κ1) is 14.6. The Kier molecular flexibility index (Phi) is 5.22. The highest BCUT2D eigenvalue weighted by molar-refractivity contribution is 5.62. The van der Waals surface area contributed by atoms with Crippen LogP contribution in [0.2, 0.25) is 0 Å². The Labute approximate surface area is 120 Å². The van der Waals surface area contributed by atoms with Crippen LogP contribution in [0, 0.1) is 11.3 Å². The molecule has 0 radical (unpaired) electrons. The SMILES string of the molecule is COc1ccc(C#N)c(N2CCCN(CCO)CC2)c1. The van der Waals surface area contributed by atoms with Gasteiger partial charge in [-0.2, -0.15) is 5.26 Å². The molecule has 0 aliphatic carbocycles. The van der Waals surface area contributed by atoms with Gasteiger partial charge in [0.25, 0.3) is 0 Å². The summed E-state index contributed by atoms with van der Waals surface area (Å²) >= 11 is 0. The third kappa shape index (κ3) is 3.41. The molecule has 20 heavy (non-hydrogen) atoms. The predicted octanol–water partition coefficient (Wildman–Crippen LogP) is 1.07. The molecule has 0 bridgehead atoms. The average Bonchev–Trinajstić information content (AvgIpc) is 2.72. The van der Waals surface area contributed by atoms with E-state index in [-0.39, 0.29) is 6.61 Å². The fourth-order valence-electron chi connectivity index (χ4n) is 2.57. The van der Waals surface area contributed by atoms with Gasteiger partial charge >= 0.3 is 0 Å². The van der Waals surface area contributed by atoms with Crippen LogP contribution in [0.3, 0.4) is 0 Å². The molecule has 1 saturated heterocycles. The summed E-state index contributed by atoms with van der Waals surface area (Å²) in [6, 6.07) is 7.81. The number of hydrogen-bond acceptors (Lipinski definition) is 5. The van der Waals surface area contributed by atoms with Gasteiger partial charge < -0.3 is 14.7 Å². The monoisotopic (exact) mass is 275 g/mol. The van der Waals surface area contributed by atoms with Gasteiger partial charge in [0, 0.05) is 32.2 Å². The van der Waals surface area contributed by atoms with E-state index in [1.54, 1.807) is 7.11 Å². The van der Waals surface area contributed by atoms with Crippen LogP contribution in [-0.4, -0.2) is 56.4 Å². The number of benzene rings is 1. The number of nitrogens with zero attached hydrogens (tertiary/aromatic N) is 3. The Morgan fingerprint density at radius 1 is 1.30 bits per heavy atom. The molecular weight excluding hydrogens is 254 g/mol. The highest BCUT2D eigenvalue weighted by Gasteiger charge is 2.17. The van der Waals surface area contributed by atoms with Gasteiger partial charge in [-0.3, -0.25) is 4.90 Å². The summed E-state index contributed by atoms with van der Waals surface area (Å²) in [5.74, 6) is 0.774. The van der Waals surface area contributed by atoms with E-state index in [9.17, 15) is 5.26 Å². The summed E-state index contributed by atoms with van der Waals surface area (Å²) in [5.41, 5.74) is 1.62. The second-order valence-electron chi connectivity index (χ2n) is 4.90. The lowest BCUT2D eigenvalue weighted by Crippen LogP contribution is -2.32. The normalized spacial score (nSPS) is 16.6. The molecule has 0 unspecified atom stereocenters. The second-order valence-corrected chi connectivity index (χ2v) is 4.90. The molecule has 0 aromatic heterocycles. The number of aliphatic hydroxyl groups is 1. The quantitative estimate of drug-likeness (QED) is 0.890. The summed E-state index contributed by atoms with van der Waals surface area (Å²) in [6.45, 7) is 4.59. The minimum Gasteiger partial charge on any atom is -0.497 e. The lowest BCUT2D eigenvalue weighted by atomic mass is 10.1. The standard InChI is InChI=1S/C15H21N3O2/c1-20-14-4-3-13(12-16)15(11-14)18-6-2-5-17(7-8-18)9-10-19/h3-4,11,19H,2,5-10H2,1H3. The first-order chi connectivity index (χ1) is 9.78. The highest BCUT2D eigenvalue weighted by Crippen LogP contribution is 2.26. The van der Waals surface area contributed by atoms with Gasteiger partial charge in [0.2, 0.25) is 0 Å². The first-order valence-corrected chi connectivity index (χ1v) is 6.94. The van der Waals surface area contributed by atoms with Crippen LogP contribution >= 0.6 is 0 Å². The van der Waals surface area contributed by atoms with Crippen molar-refractivity contribution < 1.29 is 9.84 Å². The number of aliphatic hydroxyl groups excluding tert-OH is 1. The van der Waals surface area contributed by atoms with E-state index >= 15 is 0 Å². The molecule has 1 aromatic rings. The third-order valence-corrected chi connectivity index (χ3v) is 3.67. The molecule has 108 valence electrons. The van der Waals surface area contributed by atoms with E-state index in [4.69, 9.17) is 9.84 Å². The van der Waals surface area contributed by atoms with Crippen LogP contribution in [-0.2, 0) is 0 Å². The third-order valence-electron chi connectivity index (χ3n) is 3.67. The molecule has 1 aliphatic heterocycles. The van der Waals surface area contributed by atoms with Crippen molar-refractivity contribution in [2.45, 2.75) is 6.42 Å². The van der Waals surface area contributed by atoms with Crippen molar-refractivity contribution in [3.8, 4) is 11.8 Å². The summed E-state index contributed by atoms with van der Waals surface area (Å²) < 4.78 is 5.26. The zero-order valence-corrected chi connectivity index (χ0v) is 11.9. The Morgan fingerprint density at radius 2 is 2.15 bits per heavy atom. The van der Waals surface area contributed by atoms with Crippen molar-refractivity contribution in [1.82, 2.24) is 4.90 Å². The Bertz CT molecular complexity index is 484. The molecular formula is C15H21N3O2. The summed E-state index contributed by atoms with van der Waals surface area (Å²) in [4.78, 5) is 4.49. The smallest absolute Gasteiger partial charge is 0.121 e. The van der Waals surface area contributed by atoms with E-state index in [2.05, 4.69) is 15.9 Å². The molecule has 5 nitrogen and oxygen atoms in total. The number of rotatable bonds is 4. The second kappa shape index (κ2) is 7.13. The van der Waals surface area contributed by atoms with Crippen LogP contribution in [0.25, 0.3) is 0 Å². The fourth-order valence-corrected chi connectivity index (χ4v) is 2.57. The zero-order valence-electron chi connectivity index (χ0n) is 11.9. The van der Waals surface area contributed by atoms with Crippen molar-refractivity contribution >= 4 is 5.69 Å². The van der Waals surface area contributed by atoms with E-state index < -0.39 is 0 Å². The van der Waals surface area contributed by atoms with Gasteiger partial charge in [-0.25, -0.2) is 0 Å². The van der Waals surface area contributed by atoms with E-state index in [0.717, 1.165) is 50.6 Å². The molecule has 1 aromatic carbocycles. The van der Waals surface area contributed by atoms with Gasteiger partial charge in [-0.15, -0.1) is 0 Å². The maximum absolute atomic E-state index is 9.26. The summed E-state index contributed by atoms with van der Waals surface area (Å²) in [5, 5.41) is 18.3. The number of ether oxygens (including phenoxy) is 1. The number of hydrogen-bond donors (Lipinski definition) is 1. The number of nitriles is 1. The van der Waals surface area contributed by atoms with Crippen molar-refractivity contribution in [1.29, 1.82) is 5.26 Å². The number of anilines is 1. The Balaban J connectivity index is 2.16. The Hall–Kier alpha value is -1.77. The van der Waals surface area contributed by atoms with Gasteiger partial charge in [-0.05, 0) is 25.1 Å². The minimum absolute atomic E-state index is 0.197. The van der Waals surface area contributed by atoms with Gasteiger partial charge in [0.05, 0.1) is 25.0 Å². The maximum Gasteiger partial charge on any atom is 0.121 e. The van der Waals surface area contributed by atoms with Crippen LogP contribution < -0.4 is 9.64 Å². The van der Waals surface area contributed by atoms with Crippen molar-refractivity contribution in [3.05, 3.63) is 23.8 Å². The minimum atomic E-state index is 0.197. The van der Waals surface area contributed by atoms with Gasteiger partial charge in [0.15, 0.2) is 0 Å². The molecule has 1 N–H and O–H groups in total. The van der Waals surface area contributed by atoms with Crippen LogP contribution in [0.15, 0.2) is 18.2 Å². The Morgan fingerprint density at radius 3 is 2.85 bits per heavy atom. The largest absolute Gasteiger partial charge is 0.497 e. The van der Waals surface area contributed by atoms with E-state index in [1.807, 2.05) is 18.2 Å². The first-order valence-electron chi connectivity index (χ1n) is 6.94. The van der Waals surface area contributed by atoms with Gasteiger partial charge in [0.1, 0.15) is 11.8 Å². The lowest BCUT2D eigenvalue weighted by Gasteiger charge is -2.24. The molecule has 0 spiro atoms. The summed E-state index contributed by atoms with van der Waals surface area (Å²) in [6.07, 6.45) is 1.03. The number of methoxy groups -OCH3 is 1. The van der Waals surface area contributed by atoms with Crippen LogP contribution in [0.1, 0.15) is 12.0 Å². The van der Waals surface area contributed by atoms with Crippen molar-refractivity contribution in [2.24, 2.45) is 0 Å². The molecule has 2 rings (SSSR count). The summed E-state index contributed by atoms with van der Waals surface area (Å²) in [7, 11) is 1.64. The topological polar surface area (TPSA) is 59.7 Å². The molecule has 1 fully saturated rings. The molecule has 5 heteroatoms. The van der Waals surface area contributed by atoms with Crippen LogP contribution in [0.4, 0.5) is 5.69 Å². The molecule has 0 atom stereocenters. The molecule has 0 saturated carbocycles. The lowest BCUT2D eigenvalue weighted by molar-refractivity contribution is 0.204. The molecule has 0 amide bonds. The highest BCUT2D eigenvalue weighted by atomic mass is 16.5.